The monoisotopic (exact) mass is 484 g/mol. The molecule has 0 aliphatic heterocycles. The van der Waals surface area contributed by atoms with Gasteiger partial charge in [0, 0.05) is 21.2 Å². The molecular formula is C23H14BrClO5. The van der Waals surface area contributed by atoms with Gasteiger partial charge in [-0.1, -0.05) is 57.9 Å². The molecule has 1 aliphatic rings. The number of halogens is 2. The second kappa shape index (κ2) is 8.42. The molecule has 0 heterocycles. The Morgan fingerprint density at radius 2 is 1.60 bits per heavy atom. The molecule has 30 heavy (non-hydrogen) atoms. The van der Waals surface area contributed by atoms with Crippen LogP contribution in [0.1, 0.15) is 42.2 Å². The third kappa shape index (κ3) is 3.76. The van der Waals surface area contributed by atoms with Crippen LogP contribution in [0.25, 0.3) is 0 Å². The van der Waals surface area contributed by atoms with E-state index in [0.717, 1.165) is 4.47 Å². The number of ether oxygens (including phenoxy) is 2. The molecule has 0 unspecified atom stereocenters. The van der Waals surface area contributed by atoms with Gasteiger partial charge in [-0.15, -0.1) is 0 Å². The highest BCUT2D eigenvalue weighted by Crippen LogP contribution is 2.34. The van der Waals surface area contributed by atoms with Crippen molar-refractivity contribution >= 4 is 45.1 Å². The number of carbonyl (C=O) groups excluding carboxylic acids is 3. The topological polar surface area (TPSA) is 69.7 Å². The Bertz CT molecular complexity index is 1190. The minimum absolute atomic E-state index is 0.00549. The lowest BCUT2D eigenvalue weighted by atomic mass is 9.83. The molecule has 0 fully saturated rings. The van der Waals surface area contributed by atoms with Gasteiger partial charge < -0.3 is 9.47 Å². The number of benzene rings is 3. The van der Waals surface area contributed by atoms with Crippen LogP contribution in [-0.4, -0.2) is 30.7 Å². The van der Waals surface area contributed by atoms with Gasteiger partial charge >= 0.3 is 5.97 Å². The van der Waals surface area contributed by atoms with Gasteiger partial charge in [0.05, 0.1) is 16.1 Å². The number of hydrogen-bond acceptors (Lipinski definition) is 5. The van der Waals surface area contributed by atoms with Crippen molar-refractivity contribution in [3.63, 3.8) is 0 Å². The van der Waals surface area contributed by atoms with Gasteiger partial charge in [-0.25, -0.2) is 4.79 Å². The van der Waals surface area contributed by atoms with Gasteiger partial charge in [0.1, 0.15) is 19.0 Å². The fourth-order valence-electron chi connectivity index (χ4n) is 3.23. The van der Waals surface area contributed by atoms with Gasteiger partial charge in [0.2, 0.25) is 0 Å². The highest BCUT2D eigenvalue weighted by Gasteiger charge is 2.33. The van der Waals surface area contributed by atoms with Crippen LogP contribution in [0.15, 0.2) is 65.1 Å². The molecular weight excluding hydrogens is 472 g/mol. The van der Waals surface area contributed by atoms with Crippen molar-refractivity contribution < 1.29 is 23.9 Å². The standard InChI is InChI=1S/C23H14BrClO5/c24-13-4-3-5-14(12-13)29-10-11-30-23(28)18-9-8-17-19(20(18)25)22(27)16-7-2-1-6-15(16)21(17)26/h1-9,12H,10-11H2. The smallest absolute Gasteiger partial charge is 0.339 e. The summed E-state index contributed by atoms with van der Waals surface area (Å²) in [5.74, 6) is -0.753. The molecule has 0 radical (unpaired) electrons. The number of fused-ring (bicyclic) bond motifs is 2. The van der Waals surface area contributed by atoms with Crippen LogP contribution in [0.5, 0.6) is 5.75 Å². The molecule has 5 nitrogen and oxygen atoms in total. The Morgan fingerprint density at radius 3 is 2.33 bits per heavy atom. The predicted octanol–water partition coefficient (Wildman–Crippen LogP) is 5.11. The molecule has 0 bridgehead atoms. The van der Waals surface area contributed by atoms with Crippen LogP contribution in [0, 0.1) is 0 Å². The van der Waals surface area contributed by atoms with Crippen LogP contribution >= 0.6 is 27.5 Å². The van der Waals surface area contributed by atoms with Crippen molar-refractivity contribution in [2.45, 2.75) is 0 Å². The van der Waals surface area contributed by atoms with Crippen molar-refractivity contribution in [3.8, 4) is 5.75 Å². The summed E-state index contributed by atoms with van der Waals surface area (Å²) in [6.45, 7) is 0.143. The fraction of sp³-hybridized carbons (Fsp3) is 0.0870. The lowest BCUT2D eigenvalue weighted by molar-refractivity contribution is 0.0450. The van der Waals surface area contributed by atoms with Crippen molar-refractivity contribution in [2.75, 3.05) is 13.2 Å². The van der Waals surface area contributed by atoms with E-state index in [1.807, 2.05) is 12.1 Å². The van der Waals surface area contributed by atoms with Crippen molar-refractivity contribution in [1.82, 2.24) is 0 Å². The first-order valence-corrected chi connectivity index (χ1v) is 10.2. The Morgan fingerprint density at radius 1 is 0.867 bits per heavy atom. The summed E-state index contributed by atoms with van der Waals surface area (Å²) in [5, 5.41) is -0.0849. The molecule has 7 heteroatoms. The zero-order valence-electron chi connectivity index (χ0n) is 15.5. The van der Waals surface area contributed by atoms with E-state index in [2.05, 4.69) is 15.9 Å². The van der Waals surface area contributed by atoms with E-state index in [0.29, 0.717) is 11.3 Å². The van der Waals surface area contributed by atoms with E-state index in [1.165, 1.54) is 12.1 Å². The highest BCUT2D eigenvalue weighted by molar-refractivity contribution is 9.10. The molecule has 0 amide bonds. The lowest BCUT2D eigenvalue weighted by Gasteiger charge is -2.19. The summed E-state index contributed by atoms with van der Waals surface area (Å²) >= 11 is 9.71. The Hall–Kier alpha value is -2.96. The first-order valence-electron chi connectivity index (χ1n) is 9.04. The van der Waals surface area contributed by atoms with E-state index < -0.39 is 11.8 Å². The molecule has 0 N–H and O–H groups in total. The average Bonchev–Trinajstić information content (AvgIpc) is 2.75. The maximum Gasteiger partial charge on any atom is 0.339 e. The summed E-state index contributed by atoms with van der Waals surface area (Å²) in [6, 6.07) is 16.6. The predicted molar refractivity (Wildman–Crippen MR) is 115 cm³/mol. The van der Waals surface area contributed by atoms with E-state index >= 15 is 0 Å². The Kier molecular flexibility index (Phi) is 5.70. The number of carbonyl (C=O) groups is 3. The summed E-state index contributed by atoms with van der Waals surface area (Å²) in [5.41, 5.74) is 0.827. The van der Waals surface area contributed by atoms with E-state index in [9.17, 15) is 14.4 Å². The average molecular weight is 486 g/mol. The summed E-state index contributed by atoms with van der Waals surface area (Å²) in [7, 11) is 0. The van der Waals surface area contributed by atoms with E-state index in [4.69, 9.17) is 21.1 Å². The molecule has 0 spiro atoms. The van der Waals surface area contributed by atoms with E-state index in [1.54, 1.807) is 36.4 Å². The quantitative estimate of drug-likeness (QED) is 0.290. The molecule has 3 aromatic carbocycles. The van der Waals surface area contributed by atoms with Crippen LogP contribution in [0.3, 0.4) is 0 Å². The summed E-state index contributed by atoms with van der Waals surface area (Å²) < 4.78 is 11.6. The third-order valence-corrected chi connectivity index (χ3v) is 5.52. The third-order valence-electron chi connectivity index (χ3n) is 4.63. The second-order valence-electron chi connectivity index (χ2n) is 6.50. The highest BCUT2D eigenvalue weighted by atomic mass is 79.9. The van der Waals surface area contributed by atoms with Gasteiger partial charge in [0.25, 0.3) is 0 Å². The second-order valence-corrected chi connectivity index (χ2v) is 7.79. The van der Waals surface area contributed by atoms with Crippen molar-refractivity contribution in [1.29, 1.82) is 0 Å². The first kappa shape index (κ1) is 20.3. The maximum absolute atomic E-state index is 12.9. The Balaban J connectivity index is 1.50. The number of ketones is 2. The van der Waals surface area contributed by atoms with Crippen molar-refractivity contribution in [3.05, 3.63) is 98.0 Å². The summed E-state index contributed by atoms with van der Waals surface area (Å²) in [4.78, 5) is 38.1. The van der Waals surface area contributed by atoms with Crippen molar-refractivity contribution in [2.24, 2.45) is 0 Å². The number of hydrogen-bond donors (Lipinski definition) is 0. The van der Waals surface area contributed by atoms with Crippen LogP contribution in [0.4, 0.5) is 0 Å². The number of esters is 1. The van der Waals surface area contributed by atoms with Crippen LogP contribution in [-0.2, 0) is 4.74 Å². The maximum atomic E-state index is 12.9. The van der Waals surface area contributed by atoms with Gasteiger partial charge in [-0.05, 0) is 30.3 Å². The zero-order chi connectivity index (χ0) is 21.3. The molecule has 4 rings (SSSR count). The molecule has 0 aromatic heterocycles. The normalized spacial score (nSPS) is 12.2. The molecule has 0 saturated heterocycles. The SMILES string of the molecule is O=C(OCCOc1cccc(Br)c1)c1ccc2c(c1Cl)C(=O)c1ccccc1C2=O. The number of rotatable bonds is 5. The van der Waals surface area contributed by atoms with Gasteiger partial charge in [-0.3, -0.25) is 9.59 Å². The molecule has 150 valence electrons. The molecule has 0 atom stereocenters. The van der Waals surface area contributed by atoms with Gasteiger partial charge in [0.15, 0.2) is 11.6 Å². The molecule has 3 aromatic rings. The Labute approximate surface area is 185 Å². The summed E-state index contributed by atoms with van der Waals surface area (Å²) in [6.07, 6.45) is 0. The van der Waals surface area contributed by atoms with Crippen LogP contribution < -0.4 is 4.74 Å². The fourth-order valence-corrected chi connectivity index (χ4v) is 3.94. The van der Waals surface area contributed by atoms with Gasteiger partial charge in [-0.2, -0.15) is 0 Å². The lowest BCUT2D eigenvalue weighted by Crippen LogP contribution is -2.22. The van der Waals surface area contributed by atoms with E-state index in [-0.39, 0.29) is 46.3 Å². The molecule has 0 saturated carbocycles. The largest absolute Gasteiger partial charge is 0.490 e. The minimum atomic E-state index is -0.695. The minimum Gasteiger partial charge on any atom is -0.490 e. The van der Waals surface area contributed by atoms with Crippen LogP contribution in [0.2, 0.25) is 5.02 Å². The first-order chi connectivity index (χ1) is 14.5. The zero-order valence-corrected chi connectivity index (χ0v) is 17.8. The molecule has 1 aliphatic carbocycles.